The maximum Gasteiger partial charge on any atom is 0.315 e. The van der Waals surface area contributed by atoms with Gasteiger partial charge >= 0.3 is 6.03 Å². The van der Waals surface area contributed by atoms with Crippen LogP contribution in [0, 0.1) is 5.82 Å². The van der Waals surface area contributed by atoms with Gasteiger partial charge in [-0.25, -0.2) is 9.18 Å². The molecule has 116 valence electrons. The van der Waals surface area contributed by atoms with Gasteiger partial charge in [0, 0.05) is 6.54 Å². The molecule has 2 amide bonds. The number of hydrogen-bond acceptors (Lipinski definition) is 2. The molecule has 21 heavy (non-hydrogen) atoms. The average molecular weight is 294 g/mol. The van der Waals surface area contributed by atoms with Crippen LogP contribution in [0.5, 0.6) is 0 Å². The fraction of sp³-hybridized carbons (Fsp3) is 0.562. The molecule has 1 aliphatic carbocycles. The third-order valence-electron chi connectivity index (χ3n) is 4.41. The number of aliphatic hydroxyl groups is 1. The highest BCUT2D eigenvalue weighted by atomic mass is 19.1. The molecule has 4 nitrogen and oxygen atoms in total. The van der Waals surface area contributed by atoms with Crippen molar-refractivity contribution >= 4 is 6.03 Å². The van der Waals surface area contributed by atoms with E-state index >= 15 is 0 Å². The van der Waals surface area contributed by atoms with Crippen molar-refractivity contribution in [3.63, 3.8) is 0 Å². The summed E-state index contributed by atoms with van der Waals surface area (Å²) in [7, 11) is 0. The molecule has 0 spiro atoms. The van der Waals surface area contributed by atoms with Gasteiger partial charge in [-0.2, -0.15) is 0 Å². The molecule has 2 rings (SSSR count). The highest BCUT2D eigenvalue weighted by Crippen LogP contribution is 2.32. The van der Waals surface area contributed by atoms with E-state index in [0.29, 0.717) is 31.2 Å². The van der Waals surface area contributed by atoms with Crippen LogP contribution in [0.3, 0.4) is 0 Å². The molecule has 0 saturated carbocycles. The minimum absolute atomic E-state index is 0.160. The number of amides is 2. The molecule has 0 aromatic heterocycles. The predicted octanol–water partition coefficient (Wildman–Crippen LogP) is 2.66. The summed E-state index contributed by atoms with van der Waals surface area (Å²) in [6.07, 6.45) is 2.51. The Balaban J connectivity index is 1.92. The van der Waals surface area contributed by atoms with Crippen LogP contribution in [0.4, 0.5) is 9.18 Å². The van der Waals surface area contributed by atoms with Gasteiger partial charge in [0.2, 0.25) is 0 Å². The molecular weight excluding hydrogens is 271 g/mol. The van der Waals surface area contributed by atoms with Gasteiger partial charge in [0.15, 0.2) is 0 Å². The Labute approximate surface area is 124 Å². The van der Waals surface area contributed by atoms with Gasteiger partial charge in [0.1, 0.15) is 5.82 Å². The van der Waals surface area contributed by atoms with E-state index in [4.69, 9.17) is 0 Å². The van der Waals surface area contributed by atoms with Gasteiger partial charge < -0.3 is 15.7 Å². The number of benzene rings is 1. The lowest BCUT2D eigenvalue weighted by Gasteiger charge is -2.26. The van der Waals surface area contributed by atoms with Crippen molar-refractivity contribution in [2.24, 2.45) is 0 Å². The largest absolute Gasteiger partial charge is 0.388 e. The lowest BCUT2D eigenvalue weighted by atomic mass is 9.98. The molecular formula is C16H23FN2O2. The van der Waals surface area contributed by atoms with Crippen LogP contribution in [0.15, 0.2) is 18.2 Å². The second kappa shape index (κ2) is 6.43. The van der Waals surface area contributed by atoms with E-state index in [9.17, 15) is 14.3 Å². The molecule has 0 saturated heterocycles. The number of rotatable bonds is 5. The number of carbonyl (C=O) groups excluding carboxylic acids is 1. The highest BCUT2D eigenvalue weighted by molar-refractivity contribution is 5.74. The predicted molar refractivity (Wildman–Crippen MR) is 79.5 cm³/mol. The van der Waals surface area contributed by atoms with Gasteiger partial charge in [0.05, 0.1) is 11.6 Å². The summed E-state index contributed by atoms with van der Waals surface area (Å²) in [6, 6.07) is 4.48. The Hall–Kier alpha value is -1.62. The molecule has 1 aromatic carbocycles. The van der Waals surface area contributed by atoms with Crippen molar-refractivity contribution in [3.05, 3.63) is 35.1 Å². The van der Waals surface area contributed by atoms with Crippen molar-refractivity contribution < 1.29 is 14.3 Å². The maximum atomic E-state index is 13.6. The van der Waals surface area contributed by atoms with E-state index in [0.717, 1.165) is 5.56 Å². The van der Waals surface area contributed by atoms with E-state index in [2.05, 4.69) is 10.6 Å². The van der Waals surface area contributed by atoms with Gasteiger partial charge in [-0.1, -0.05) is 26.0 Å². The number of fused-ring (bicyclic) bond motifs is 1. The summed E-state index contributed by atoms with van der Waals surface area (Å²) >= 11 is 0. The molecule has 0 aliphatic heterocycles. The monoisotopic (exact) mass is 294 g/mol. The van der Waals surface area contributed by atoms with Crippen LogP contribution >= 0.6 is 0 Å². The summed E-state index contributed by atoms with van der Waals surface area (Å²) in [5, 5.41) is 15.7. The quantitative estimate of drug-likeness (QED) is 0.782. The zero-order chi connectivity index (χ0) is 15.5. The molecule has 0 heterocycles. The number of hydrogen-bond donors (Lipinski definition) is 3. The zero-order valence-corrected chi connectivity index (χ0v) is 12.6. The first-order valence-corrected chi connectivity index (χ1v) is 7.53. The van der Waals surface area contributed by atoms with Crippen molar-refractivity contribution in [3.8, 4) is 0 Å². The molecule has 0 radical (unpaired) electrons. The average Bonchev–Trinajstić information content (AvgIpc) is 2.89. The molecule has 5 heteroatoms. The maximum absolute atomic E-state index is 13.6. The molecule has 0 fully saturated rings. The smallest absolute Gasteiger partial charge is 0.315 e. The normalized spacial score (nSPS) is 17.4. The van der Waals surface area contributed by atoms with Gasteiger partial charge in [-0.05, 0) is 42.9 Å². The standard InChI is InChI=1S/C16H23FN2O2/c1-3-16(21,4-2)10-18-15(20)19-14-9-8-11-12(14)6-5-7-13(11)17/h5-7,14,21H,3-4,8-10H2,1-2H3,(H2,18,19,20). The van der Waals surface area contributed by atoms with Crippen LogP contribution in [0.2, 0.25) is 0 Å². The van der Waals surface area contributed by atoms with Crippen molar-refractivity contribution in [2.75, 3.05) is 6.54 Å². The van der Waals surface area contributed by atoms with Gasteiger partial charge in [-0.15, -0.1) is 0 Å². The Morgan fingerprint density at radius 3 is 2.81 bits per heavy atom. The van der Waals surface area contributed by atoms with Crippen molar-refractivity contribution in [1.29, 1.82) is 0 Å². The van der Waals surface area contributed by atoms with Crippen LogP contribution in [-0.2, 0) is 6.42 Å². The van der Waals surface area contributed by atoms with Gasteiger partial charge in [-0.3, -0.25) is 0 Å². The molecule has 1 aromatic rings. The summed E-state index contributed by atoms with van der Waals surface area (Å²) in [5.74, 6) is -0.205. The molecule has 3 N–H and O–H groups in total. The third-order valence-corrected chi connectivity index (χ3v) is 4.41. The fourth-order valence-electron chi connectivity index (χ4n) is 2.71. The molecule has 1 aliphatic rings. The Kier molecular flexibility index (Phi) is 4.83. The van der Waals surface area contributed by atoms with Crippen LogP contribution in [0.25, 0.3) is 0 Å². The van der Waals surface area contributed by atoms with Crippen LogP contribution in [0.1, 0.15) is 50.3 Å². The van der Waals surface area contributed by atoms with Crippen LogP contribution in [-0.4, -0.2) is 23.3 Å². The molecule has 1 unspecified atom stereocenters. The fourth-order valence-corrected chi connectivity index (χ4v) is 2.71. The lowest BCUT2D eigenvalue weighted by molar-refractivity contribution is 0.0348. The highest BCUT2D eigenvalue weighted by Gasteiger charge is 2.27. The van der Waals surface area contributed by atoms with E-state index in [-0.39, 0.29) is 24.4 Å². The van der Waals surface area contributed by atoms with E-state index in [1.165, 1.54) is 6.07 Å². The zero-order valence-electron chi connectivity index (χ0n) is 12.6. The Morgan fingerprint density at radius 2 is 2.14 bits per heavy atom. The molecule has 0 bridgehead atoms. The topological polar surface area (TPSA) is 61.4 Å². The number of halogens is 1. The van der Waals surface area contributed by atoms with Crippen LogP contribution < -0.4 is 10.6 Å². The van der Waals surface area contributed by atoms with Crippen molar-refractivity contribution in [1.82, 2.24) is 10.6 Å². The minimum atomic E-state index is -0.864. The summed E-state index contributed by atoms with van der Waals surface area (Å²) in [5.41, 5.74) is 0.685. The summed E-state index contributed by atoms with van der Waals surface area (Å²) < 4.78 is 13.6. The van der Waals surface area contributed by atoms with E-state index < -0.39 is 5.60 Å². The first kappa shape index (κ1) is 15.8. The second-order valence-electron chi connectivity index (χ2n) is 5.66. The Morgan fingerprint density at radius 1 is 1.43 bits per heavy atom. The SMILES string of the molecule is CCC(O)(CC)CNC(=O)NC1CCc2c(F)cccc21. The Bertz CT molecular complexity index is 515. The number of nitrogens with one attached hydrogen (secondary N) is 2. The lowest BCUT2D eigenvalue weighted by Crippen LogP contribution is -2.46. The minimum Gasteiger partial charge on any atom is -0.388 e. The first-order valence-electron chi connectivity index (χ1n) is 7.53. The van der Waals surface area contributed by atoms with E-state index in [1.807, 2.05) is 19.9 Å². The number of urea groups is 1. The molecule has 1 atom stereocenters. The summed E-state index contributed by atoms with van der Waals surface area (Å²) in [6.45, 7) is 3.99. The van der Waals surface area contributed by atoms with E-state index in [1.54, 1.807) is 6.07 Å². The van der Waals surface area contributed by atoms with Crippen molar-refractivity contribution in [2.45, 2.75) is 51.2 Å². The third kappa shape index (κ3) is 3.53. The first-order chi connectivity index (χ1) is 9.99. The number of carbonyl (C=O) groups is 1. The second-order valence-corrected chi connectivity index (χ2v) is 5.66. The summed E-state index contributed by atoms with van der Waals surface area (Å²) in [4.78, 5) is 11.9. The van der Waals surface area contributed by atoms with Gasteiger partial charge in [0.25, 0.3) is 0 Å².